The molecule has 0 rings (SSSR count). The quantitative estimate of drug-likeness (QED) is 0.504. The average Bonchev–Trinajstić information content (AvgIpc) is 2.39. The Balaban J connectivity index is 3.03. The summed E-state index contributed by atoms with van der Waals surface area (Å²) in [6, 6.07) is 0. The lowest BCUT2D eigenvalue weighted by Crippen LogP contribution is -2.16. The number of carboxylic acids is 1. The van der Waals surface area contributed by atoms with Crippen molar-refractivity contribution in [1.82, 2.24) is 5.32 Å². The molecule has 0 bridgehead atoms. The molecule has 0 fully saturated rings. The molecule has 0 unspecified atom stereocenters. The van der Waals surface area contributed by atoms with Crippen LogP contribution in [0.15, 0.2) is 0 Å². The molecular formula is C15H29NO3. The van der Waals surface area contributed by atoms with Crippen LogP contribution in [-0.2, 0) is 9.59 Å². The molecule has 0 aromatic carbocycles. The molecule has 0 heterocycles. The lowest BCUT2D eigenvalue weighted by atomic mass is 10.1. The topological polar surface area (TPSA) is 66.4 Å². The first kappa shape index (κ1) is 17.9. The number of carbonyl (C=O) groups excluding carboxylic acids is 1. The van der Waals surface area contributed by atoms with Crippen LogP contribution in [0.2, 0.25) is 0 Å². The number of hydrogen-bond donors (Lipinski definition) is 2. The zero-order valence-corrected chi connectivity index (χ0v) is 12.2. The Morgan fingerprint density at radius 1 is 0.737 bits per heavy atom. The van der Waals surface area contributed by atoms with Crippen molar-refractivity contribution in [1.29, 1.82) is 0 Å². The molecule has 2 N–H and O–H groups in total. The Hall–Kier alpha value is -1.06. The van der Waals surface area contributed by atoms with Gasteiger partial charge < -0.3 is 10.4 Å². The molecule has 0 saturated heterocycles. The predicted octanol–water partition coefficient (Wildman–Crippen LogP) is 3.50. The zero-order valence-electron chi connectivity index (χ0n) is 12.2. The predicted molar refractivity (Wildman–Crippen MR) is 77.1 cm³/mol. The van der Waals surface area contributed by atoms with Crippen LogP contribution < -0.4 is 5.32 Å². The molecule has 0 spiro atoms. The largest absolute Gasteiger partial charge is 0.481 e. The number of carboxylic acid groups (broad SMARTS) is 1. The van der Waals surface area contributed by atoms with Gasteiger partial charge in [0.15, 0.2) is 0 Å². The van der Waals surface area contributed by atoms with E-state index in [1.54, 1.807) is 7.05 Å². The zero-order chi connectivity index (χ0) is 14.3. The van der Waals surface area contributed by atoms with Crippen LogP contribution in [0.5, 0.6) is 0 Å². The van der Waals surface area contributed by atoms with E-state index in [1.807, 2.05) is 0 Å². The summed E-state index contributed by atoms with van der Waals surface area (Å²) in [7, 11) is 1.68. The van der Waals surface area contributed by atoms with Crippen LogP contribution in [-0.4, -0.2) is 24.0 Å². The van der Waals surface area contributed by atoms with Crippen LogP contribution >= 0.6 is 0 Å². The summed E-state index contributed by atoms with van der Waals surface area (Å²) in [5.74, 6) is -0.543. The van der Waals surface area contributed by atoms with Crippen molar-refractivity contribution in [2.75, 3.05) is 7.05 Å². The standard InChI is InChI=1S/C15H29NO3/c1-16-14(17)12-10-8-6-4-2-3-5-7-9-11-13-15(18)19/h2-13H2,1H3,(H,16,17)(H,18,19). The minimum atomic E-state index is -0.684. The molecular weight excluding hydrogens is 242 g/mol. The van der Waals surface area contributed by atoms with Gasteiger partial charge in [0.2, 0.25) is 5.91 Å². The molecule has 0 radical (unpaired) electrons. The van der Waals surface area contributed by atoms with E-state index < -0.39 is 5.97 Å². The van der Waals surface area contributed by atoms with E-state index in [0.29, 0.717) is 12.8 Å². The number of rotatable bonds is 13. The Bertz CT molecular complexity index is 242. The van der Waals surface area contributed by atoms with Crippen molar-refractivity contribution in [2.24, 2.45) is 0 Å². The molecule has 0 aliphatic heterocycles. The summed E-state index contributed by atoms with van der Waals surface area (Å²) in [6.45, 7) is 0. The van der Waals surface area contributed by atoms with Crippen LogP contribution in [0.25, 0.3) is 0 Å². The average molecular weight is 271 g/mol. The summed E-state index contributed by atoms with van der Waals surface area (Å²) in [5.41, 5.74) is 0. The number of amides is 1. The van der Waals surface area contributed by atoms with Crippen molar-refractivity contribution in [3.63, 3.8) is 0 Å². The first-order valence-electron chi connectivity index (χ1n) is 7.59. The second-order valence-corrected chi connectivity index (χ2v) is 5.10. The Morgan fingerprint density at radius 3 is 1.47 bits per heavy atom. The number of unbranched alkanes of at least 4 members (excludes halogenated alkanes) is 9. The van der Waals surface area contributed by atoms with Gasteiger partial charge in [-0.3, -0.25) is 9.59 Å². The first-order chi connectivity index (χ1) is 9.16. The SMILES string of the molecule is CNC(=O)CCCCCCCCCCCCC(=O)O. The lowest BCUT2D eigenvalue weighted by molar-refractivity contribution is -0.137. The lowest BCUT2D eigenvalue weighted by Gasteiger charge is -2.02. The molecule has 0 aromatic rings. The van der Waals surface area contributed by atoms with E-state index >= 15 is 0 Å². The van der Waals surface area contributed by atoms with Crippen molar-refractivity contribution in [3.8, 4) is 0 Å². The monoisotopic (exact) mass is 271 g/mol. The molecule has 112 valence electrons. The minimum Gasteiger partial charge on any atom is -0.481 e. The van der Waals surface area contributed by atoms with Crippen LogP contribution in [0, 0.1) is 0 Å². The molecule has 0 aliphatic carbocycles. The summed E-state index contributed by atoms with van der Waals surface area (Å²) in [5, 5.41) is 11.1. The normalized spacial score (nSPS) is 10.4. The molecule has 0 aliphatic rings. The van der Waals surface area contributed by atoms with E-state index in [4.69, 9.17) is 5.11 Å². The number of aliphatic carboxylic acids is 1. The fraction of sp³-hybridized carbons (Fsp3) is 0.867. The van der Waals surface area contributed by atoms with Gasteiger partial charge in [0.25, 0.3) is 0 Å². The Morgan fingerprint density at radius 2 is 1.11 bits per heavy atom. The van der Waals surface area contributed by atoms with Gasteiger partial charge in [-0.2, -0.15) is 0 Å². The fourth-order valence-electron chi connectivity index (χ4n) is 2.10. The van der Waals surface area contributed by atoms with E-state index in [-0.39, 0.29) is 5.91 Å². The highest BCUT2D eigenvalue weighted by Gasteiger charge is 1.98. The van der Waals surface area contributed by atoms with Crippen molar-refractivity contribution >= 4 is 11.9 Å². The van der Waals surface area contributed by atoms with Crippen molar-refractivity contribution in [3.05, 3.63) is 0 Å². The second kappa shape index (κ2) is 13.4. The van der Waals surface area contributed by atoms with Gasteiger partial charge in [0, 0.05) is 19.9 Å². The van der Waals surface area contributed by atoms with E-state index in [1.165, 1.54) is 32.1 Å². The third kappa shape index (κ3) is 14.9. The highest BCUT2D eigenvalue weighted by molar-refractivity contribution is 5.75. The maximum Gasteiger partial charge on any atom is 0.303 e. The van der Waals surface area contributed by atoms with Gasteiger partial charge in [-0.1, -0.05) is 51.4 Å². The maximum absolute atomic E-state index is 11.0. The fourth-order valence-corrected chi connectivity index (χ4v) is 2.10. The summed E-state index contributed by atoms with van der Waals surface area (Å²) in [4.78, 5) is 21.3. The van der Waals surface area contributed by atoms with Crippen molar-refractivity contribution in [2.45, 2.75) is 77.0 Å². The van der Waals surface area contributed by atoms with Gasteiger partial charge in [0.05, 0.1) is 0 Å². The van der Waals surface area contributed by atoms with Gasteiger partial charge in [-0.05, 0) is 12.8 Å². The van der Waals surface area contributed by atoms with Crippen LogP contribution in [0.4, 0.5) is 0 Å². The summed E-state index contributed by atoms with van der Waals surface area (Å²) < 4.78 is 0. The molecule has 4 nitrogen and oxygen atoms in total. The van der Waals surface area contributed by atoms with E-state index in [9.17, 15) is 9.59 Å². The highest BCUT2D eigenvalue weighted by Crippen LogP contribution is 2.11. The molecule has 0 atom stereocenters. The first-order valence-corrected chi connectivity index (χ1v) is 7.59. The van der Waals surface area contributed by atoms with Crippen LogP contribution in [0.3, 0.4) is 0 Å². The third-order valence-corrected chi connectivity index (χ3v) is 3.32. The van der Waals surface area contributed by atoms with Crippen LogP contribution in [0.1, 0.15) is 77.0 Å². The Labute approximate surface area is 117 Å². The number of hydrogen-bond acceptors (Lipinski definition) is 2. The smallest absolute Gasteiger partial charge is 0.303 e. The Kier molecular flexibility index (Phi) is 12.6. The van der Waals surface area contributed by atoms with Gasteiger partial charge in [-0.15, -0.1) is 0 Å². The molecule has 0 aromatic heterocycles. The highest BCUT2D eigenvalue weighted by atomic mass is 16.4. The van der Waals surface area contributed by atoms with Crippen molar-refractivity contribution < 1.29 is 14.7 Å². The van der Waals surface area contributed by atoms with E-state index in [0.717, 1.165) is 32.1 Å². The third-order valence-electron chi connectivity index (χ3n) is 3.32. The molecule has 4 heteroatoms. The van der Waals surface area contributed by atoms with Gasteiger partial charge >= 0.3 is 5.97 Å². The van der Waals surface area contributed by atoms with Gasteiger partial charge in [-0.25, -0.2) is 0 Å². The number of nitrogens with one attached hydrogen (secondary N) is 1. The summed E-state index contributed by atoms with van der Waals surface area (Å²) in [6.07, 6.45) is 12.3. The van der Waals surface area contributed by atoms with Gasteiger partial charge in [0.1, 0.15) is 0 Å². The number of carbonyl (C=O) groups is 2. The van der Waals surface area contributed by atoms with E-state index in [2.05, 4.69) is 5.32 Å². The molecule has 1 amide bonds. The summed E-state index contributed by atoms with van der Waals surface area (Å²) >= 11 is 0. The molecule has 19 heavy (non-hydrogen) atoms. The molecule has 0 saturated carbocycles. The maximum atomic E-state index is 11.0. The minimum absolute atomic E-state index is 0.140. The second-order valence-electron chi connectivity index (χ2n) is 5.10.